The maximum absolute atomic E-state index is 6.71. The summed E-state index contributed by atoms with van der Waals surface area (Å²) in [5, 5.41) is 0.853. The molecule has 1 aromatic carbocycles. The summed E-state index contributed by atoms with van der Waals surface area (Å²) in [5.41, 5.74) is 8.23. The van der Waals surface area contributed by atoms with Gasteiger partial charge in [0, 0.05) is 11.1 Å². The van der Waals surface area contributed by atoms with Crippen LogP contribution >= 0.6 is 11.6 Å². The maximum Gasteiger partial charge on any atom is 0.0453 e. The molecule has 0 amide bonds. The fourth-order valence-corrected chi connectivity index (χ4v) is 5.87. The van der Waals surface area contributed by atoms with Crippen molar-refractivity contribution in [2.24, 2.45) is 28.9 Å². The van der Waals surface area contributed by atoms with Crippen LogP contribution in [0, 0.1) is 23.2 Å². The lowest BCUT2D eigenvalue weighted by Gasteiger charge is -2.59. The Morgan fingerprint density at radius 3 is 2.05 bits per heavy atom. The van der Waals surface area contributed by atoms with Crippen LogP contribution in [0.4, 0.5) is 0 Å². The summed E-state index contributed by atoms with van der Waals surface area (Å²) in [6.45, 7) is 0. The summed E-state index contributed by atoms with van der Waals surface area (Å²) < 4.78 is 0. The Morgan fingerprint density at radius 2 is 1.53 bits per heavy atom. The van der Waals surface area contributed by atoms with Crippen LogP contribution in [0.15, 0.2) is 24.3 Å². The van der Waals surface area contributed by atoms with Gasteiger partial charge in [0.15, 0.2) is 0 Å². The summed E-state index contributed by atoms with van der Waals surface area (Å²) in [6, 6.07) is 8.32. The molecule has 1 atom stereocenters. The van der Waals surface area contributed by atoms with E-state index in [0.717, 1.165) is 22.8 Å². The lowest BCUT2D eigenvalue weighted by atomic mass is 9.47. The van der Waals surface area contributed by atoms with Gasteiger partial charge in [0.1, 0.15) is 0 Å². The number of rotatable bonds is 2. The van der Waals surface area contributed by atoms with Gasteiger partial charge in [-0.25, -0.2) is 0 Å². The van der Waals surface area contributed by atoms with Crippen LogP contribution < -0.4 is 5.73 Å². The molecule has 0 aromatic heterocycles. The van der Waals surface area contributed by atoms with E-state index in [9.17, 15) is 0 Å². The van der Waals surface area contributed by atoms with E-state index in [-0.39, 0.29) is 6.04 Å². The summed E-state index contributed by atoms with van der Waals surface area (Å²) in [5.74, 6) is 2.83. The smallest absolute Gasteiger partial charge is 0.0453 e. The molecule has 2 heteroatoms. The van der Waals surface area contributed by atoms with Crippen molar-refractivity contribution in [2.45, 2.75) is 44.6 Å². The zero-order valence-corrected chi connectivity index (χ0v) is 12.1. The highest BCUT2D eigenvalue weighted by Gasteiger charge is 2.53. The summed E-state index contributed by atoms with van der Waals surface area (Å²) in [7, 11) is 0. The quantitative estimate of drug-likeness (QED) is 0.841. The molecule has 0 saturated heterocycles. The molecule has 0 heterocycles. The van der Waals surface area contributed by atoms with Gasteiger partial charge >= 0.3 is 0 Å². The number of halogens is 1. The Morgan fingerprint density at radius 1 is 1.00 bits per heavy atom. The van der Waals surface area contributed by atoms with Gasteiger partial charge in [0.05, 0.1) is 0 Å². The molecule has 19 heavy (non-hydrogen) atoms. The minimum atomic E-state index is 0.134. The van der Waals surface area contributed by atoms with E-state index in [1.807, 2.05) is 12.1 Å². The van der Waals surface area contributed by atoms with E-state index < -0.39 is 0 Å². The maximum atomic E-state index is 6.71. The third kappa shape index (κ3) is 1.86. The summed E-state index contributed by atoms with van der Waals surface area (Å²) >= 11 is 6.38. The van der Waals surface area contributed by atoms with Crippen molar-refractivity contribution in [3.63, 3.8) is 0 Å². The van der Waals surface area contributed by atoms with Crippen LogP contribution in [-0.2, 0) is 0 Å². The minimum absolute atomic E-state index is 0.134. The first kappa shape index (κ1) is 12.2. The second kappa shape index (κ2) is 4.23. The zero-order chi connectivity index (χ0) is 13.0. The van der Waals surface area contributed by atoms with E-state index in [1.165, 1.54) is 44.1 Å². The predicted molar refractivity (Wildman–Crippen MR) is 79.0 cm³/mol. The van der Waals surface area contributed by atoms with E-state index >= 15 is 0 Å². The van der Waals surface area contributed by atoms with Crippen molar-refractivity contribution in [3.05, 3.63) is 34.9 Å². The molecule has 5 rings (SSSR count). The molecule has 4 fully saturated rings. The molecule has 4 saturated carbocycles. The van der Waals surface area contributed by atoms with Crippen LogP contribution in [0.2, 0.25) is 5.02 Å². The van der Waals surface area contributed by atoms with Gasteiger partial charge in [-0.2, -0.15) is 0 Å². The van der Waals surface area contributed by atoms with Crippen molar-refractivity contribution in [1.29, 1.82) is 0 Å². The van der Waals surface area contributed by atoms with Gasteiger partial charge in [-0.3, -0.25) is 0 Å². The van der Waals surface area contributed by atoms with Crippen LogP contribution in [-0.4, -0.2) is 0 Å². The fraction of sp³-hybridized carbons (Fsp3) is 0.647. The summed E-state index contributed by atoms with van der Waals surface area (Å²) in [6.07, 6.45) is 8.42. The molecule has 2 N–H and O–H groups in total. The molecule has 0 radical (unpaired) electrons. The molecule has 4 aliphatic carbocycles. The third-order valence-corrected chi connectivity index (χ3v) is 6.33. The van der Waals surface area contributed by atoms with E-state index in [4.69, 9.17) is 17.3 Å². The van der Waals surface area contributed by atoms with Crippen LogP contribution in [0.25, 0.3) is 0 Å². The number of nitrogens with two attached hydrogens (primary N) is 1. The van der Waals surface area contributed by atoms with Crippen molar-refractivity contribution in [3.8, 4) is 0 Å². The first-order valence-electron chi connectivity index (χ1n) is 7.66. The normalized spacial score (nSPS) is 41.5. The molecule has 102 valence electrons. The van der Waals surface area contributed by atoms with Gasteiger partial charge in [0.2, 0.25) is 0 Å². The molecule has 1 nitrogen and oxygen atoms in total. The Bertz CT molecular complexity index is 461. The second-order valence-electron chi connectivity index (χ2n) is 7.28. The monoisotopic (exact) mass is 275 g/mol. The SMILES string of the molecule is NC(c1ccccc1Cl)C12CC3CC(CC(C3)C1)C2. The van der Waals surface area contributed by atoms with Crippen LogP contribution in [0.3, 0.4) is 0 Å². The minimum Gasteiger partial charge on any atom is -0.323 e. The topological polar surface area (TPSA) is 26.0 Å². The molecule has 4 aliphatic rings. The Balaban J connectivity index is 1.70. The first-order chi connectivity index (χ1) is 9.16. The van der Waals surface area contributed by atoms with Crippen molar-refractivity contribution < 1.29 is 0 Å². The van der Waals surface area contributed by atoms with Gasteiger partial charge < -0.3 is 5.73 Å². The lowest BCUT2D eigenvalue weighted by Crippen LogP contribution is -2.50. The largest absolute Gasteiger partial charge is 0.323 e. The number of hydrogen-bond acceptors (Lipinski definition) is 1. The lowest BCUT2D eigenvalue weighted by molar-refractivity contribution is -0.0677. The second-order valence-corrected chi connectivity index (χ2v) is 7.69. The molecule has 1 aromatic rings. The average molecular weight is 276 g/mol. The highest BCUT2D eigenvalue weighted by atomic mass is 35.5. The third-order valence-electron chi connectivity index (χ3n) is 5.99. The van der Waals surface area contributed by atoms with Crippen molar-refractivity contribution >= 4 is 11.6 Å². The predicted octanol–water partition coefficient (Wildman–Crippen LogP) is 4.56. The molecule has 4 bridgehead atoms. The van der Waals surface area contributed by atoms with Crippen molar-refractivity contribution in [1.82, 2.24) is 0 Å². The molecule has 0 spiro atoms. The number of benzene rings is 1. The van der Waals surface area contributed by atoms with E-state index in [2.05, 4.69) is 12.1 Å². The van der Waals surface area contributed by atoms with E-state index in [0.29, 0.717) is 5.41 Å². The standard InChI is InChI=1S/C17H22ClN/c18-15-4-2-1-3-14(15)16(19)17-8-11-5-12(9-17)7-13(6-11)10-17/h1-4,11-13,16H,5-10,19H2. The van der Waals surface area contributed by atoms with Gasteiger partial charge in [-0.05, 0) is 73.3 Å². The first-order valence-corrected chi connectivity index (χ1v) is 8.04. The Kier molecular flexibility index (Phi) is 2.72. The fourth-order valence-electron chi connectivity index (χ4n) is 5.62. The summed E-state index contributed by atoms with van der Waals surface area (Å²) in [4.78, 5) is 0. The Hall–Kier alpha value is -0.530. The molecule has 1 unspecified atom stereocenters. The molecular formula is C17H22ClN. The highest BCUT2D eigenvalue weighted by Crippen LogP contribution is 2.63. The molecule has 0 aliphatic heterocycles. The van der Waals surface area contributed by atoms with Crippen LogP contribution in [0.1, 0.15) is 50.1 Å². The van der Waals surface area contributed by atoms with Crippen LogP contribution in [0.5, 0.6) is 0 Å². The van der Waals surface area contributed by atoms with Gasteiger partial charge in [-0.15, -0.1) is 0 Å². The molecular weight excluding hydrogens is 254 g/mol. The highest BCUT2D eigenvalue weighted by molar-refractivity contribution is 6.31. The number of hydrogen-bond donors (Lipinski definition) is 1. The average Bonchev–Trinajstić information content (AvgIpc) is 2.37. The van der Waals surface area contributed by atoms with E-state index in [1.54, 1.807) is 0 Å². The zero-order valence-electron chi connectivity index (χ0n) is 11.3. The Labute approximate surface area is 120 Å². The van der Waals surface area contributed by atoms with Crippen molar-refractivity contribution in [2.75, 3.05) is 0 Å². The van der Waals surface area contributed by atoms with Gasteiger partial charge in [0.25, 0.3) is 0 Å². The van der Waals surface area contributed by atoms with Gasteiger partial charge in [-0.1, -0.05) is 29.8 Å².